The summed E-state index contributed by atoms with van der Waals surface area (Å²) in [7, 11) is 0. The second-order valence-electron chi connectivity index (χ2n) is 7.64. The predicted octanol–water partition coefficient (Wildman–Crippen LogP) is 2.04. The van der Waals surface area contributed by atoms with Crippen LogP contribution in [0.3, 0.4) is 0 Å². The van der Waals surface area contributed by atoms with Crippen molar-refractivity contribution in [2.75, 3.05) is 31.1 Å². The summed E-state index contributed by atoms with van der Waals surface area (Å²) in [5.74, 6) is -0.899. The lowest BCUT2D eigenvalue weighted by Crippen LogP contribution is -2.40. The first-order valence-corrected chi connectivity index (χ1v) is 10.2. The number of rotatable bonds is 6. The van der Waals surface area contributed by atoms with E-state index in [4.69, 9.17) is 0 Å². The molecular formula is C23H23FN4O3. The van der Waals surface area contributed by atoms with Gasteiger partial charge in [0.05, 0.1) is 6.54 Å². The number of fused-ring (bicyclic) bond motifs is 1. The molecule has 2 heterocycles. The molecule has 0 radical (unpaired) electrons. The molecule has 31 heavy (non-hydrogen) atoms. The third kappa shape index (κ3) is 4.74. The molecule has 3 N–H and O–H groups in total. The Morgan fingerprint density at radius 2 is 1.87 bits per heavy atom. The highest BCUT2D eigenvalue weighted by molar-refractivity contribution is 5.98. The van der Waals surface area contributed by atoms with Gasteiger partial charge in [0.15, 0.2) is 0 Å². The van der Waals surface area contributed by atoms with Crippen LogP contribution < -0.4 is 21.0 Å². The van der Waals surface area contributed by atoms with Gasteiger partial charge in [-0.15, -0.1) is 0 Å². The summed E-state index contributed by atoms with van der Waals surface area (Å²) < 4.78 is 13.1. The SMILES string of the molecule is O=C(CNC(=O)c1c[nH]c2ccccc2c1=O)NCC1CCN(c2ccc(F)cc2)C1. The van der Waals surface area contributed by atoms with Gasteiger partial charge in [-0.25, -0.2) is 4.39 Å². The first-order valence-electron chi connectivity index (χ1n) is 10.2. The Hall–Kier alpha value is -3.68. The quantitative estimate of drug-likeness (QED) is 0.567. The van der Waals surface area contributed by atoms with Crippen LogP contribution in [0.2, 0.25) is 0 Å². The Morgan fingerprint density at radius 3 is 2.68 bits per heavy atom. The van der Waals surface area contributed by atoms with E-state index in [9.17, 15) is 18.8 Å². The number of hydrogen-bond acceptors (Lipinski definition) is 4. The van der Waals surface area contributed by atoms with Crippen LogP contribution >= 0.6 is 0 Å². The Kier molecular flexibility index (Phi) is 5.97. The molecule has 1 aliphatic heterocycles. The van der Waals surface area contributed by atoms with Gasteiger partial charge in [0.2, 0.25) is 11.3 Å². The normalized spacial score (nSPS) is 15.8. The van der Waals surface area contributed by atoms with Crippen molar-refractivity contribution in [2.45, 2.75) is 6.42 Å². The summed E-state index contributed by atoms with van der Waals surface area (Å²) in [6.45, 7) is 1.89. The van der Waals surface area contributed by atoms with Crippen molar-refractivity contribution in [2.24, 2.45) is 5.92 Å². The fourth-order valence-corrected chi connectivity index (χ4v) is 3.80. The molecule has 3 aromatic rings. The molecule has 4 rings (SSSR count). The molecule has 7 nitrogen and oxygen atoms in total. The minimum atomic E-state index is -0.592. The van der Waals surface area contributed by atoms with E-state index in [1.54, 1.807) is 36.4 Å². The van der Waals surface area contributed by atoms with Crippen molar-refractivity contribution in [3.05, 3.63) is 76.3 Å². The molecule has 2 amide bonds. The number of aromatic nitrogens is 1. The number of nitrogens with one attached hydrogen (secondary N) is 3. The molecule has 1 aliphatic rings. The molecular weight excluding hydrogens is 399 g/mol. The molecule has 8 heteroatoms. The maximum absolute atomic E-state index is 13.1. The number of halogens is 1. The van der Waals surface area contributed by atoms with Gasteiger partial charge in [0.25, 0.3) is 5.91 Å². The molecule has 1 fully saturated rings. The standard InChI is InChI=1S/C23H23FN4O3/c24-16-5-7-17(8-6-16)28-10-9-15(14-28)11-26-21(29)13-27-23(31)19-12-25-20-4-2-1-3-18(20)22(19)30/h1-8,12,15H,9-11,13-14H2,(H,25,30)(H,26,29)(H,27,31). The highest BCUT2D eigenvalue weighted by Crippen LogP contribution is 2.23. The van der Waals surface area contributed by atoms with E-state index in [0.29, 0.717) is 17.4 Å². The maximum Gasteiger partial charge on any atom is 0.257 e. The molecule has 0 aliphatic carbocycles. The summed E-state index contributed by atoms with van der Waals surface area (Å²) in [4.78, 5) is 42.1. The maximum atomic E-state index is 13.1. The van der Waals surface area contributed by atoms with E-state index in [1.165, 1.54) is 18.3 Å². The predicted molar refractivity (Wildman–Crippen MR) is 117 cm³/mol. The number of carbonyl (C=O) groups is 2. The number of hydrogen-bond donors (Lipinski definition) is 3. The number of anilines is 1. The largest absolute Gasteiger partial charge is 0.371 e. The van der Waals surface area contributed by atoms with Gasteiger partial charge in [0.1, 0.15) is 11.4 Å². The zero-order valence-electron chi connectivity index (χ0n) is 16.9. The molecule has 160 valence electrons. The lowest BCUT2D eigenvalue weighted by molar-refractivity contribution is -0.120. The average Bonchev–Trinajstić information content (AvgIpc) is 3.26. The number of aromatic amines is 1. The minimum absolute atomic E-state index is 0.0303. The topological polar surface area (TPSA) is 94.3 Å². The molecule has 0 bridgehead atoms. The molecule has 1 saturated heterocycles. The van der Waals surface area contributed by atoms with E-state index in [0.717, 1.165) is 25.2 Å². The van der Waals surface area contributed by atoms with Crippen LogP contribution in [-0.2, 0) is 4.79 Å². The fraction of sp³-hybridized carbons (Fsp3) is 0.261. The Bertz CT molecular complexity index is 1160. The highest BCUT2D eigenvalue weighted by atomic mass is 19.1. The van der Waals surface area contributed by atoms with Crippen molar-refractivity contribution in [3.8, 4) is 0 Å². The van der Waals surface area contributed by atoms with Crippen LogP contribution in [0.4, 0.5) is 10.1 Å². The van der Waals surface area contributed by atoms with Crippen molar-refractivity contribution in [3.63, 3.8) is 0 Å². The van der Waals surface area contributed by atoms with Crippen LogP contribution in [-0.4, -0.2) is 43.0 Å². The molecule has 1 aromatic heterocycles. The lowest BCUT2D eigenvalue weighted by Gasteiger charge is -2.18. The number of amides is 2. The zero-order valence-corrected chi connectivity index (χ0v) is 16.9. The van der Waals surface area contributed by atoms with Crippen LogP contribution in [0.1, 0.15) is 16.8 Å². The molecule has 2 aromatic carbocycles. The summed E-state index contributed by atoms with van der Waals surface area (Å²) in [5.41, 5.74) is 1.20. The Labute approximate surface area is 178 Å². The van der Waals surface area contributed by atoms with Crippen LogP contribution in [0.25, 0.3) is 10.9 Å². The number of nitrogens with zero attached hydrogens (tertiary/aromatic N) is 1. The number of carbonyl (C=O) groups excluding carboxylic acids is 2. The minimum Gasteiger partial charge on any atom is -0.371 e. The monoisotopic (exact) mass is 422 g/mol. The van der Waals surface area contributed by atoms with E-state index in [-0.39, 0.29) is 35.2 Å². The summed E-state index contributed by atoms with van der Waals surface area (Å²) >= 11 is 0. The number of pyridine rings is 1. The fourth-order valence-electron chi connectivity index (χ4n) is 3.80. The summed E-state index contributed by atoms with van der Waals surface area (Å²) in [6.07, 6.45) is 2.27. The smallest absolute Gasteiger partial charge is 0.257 e. The van der Waals surface area contributed by atoms with Crippen molar-refractivity contribution >= 4 is 28.4 Å². The molecule has 0 saturated carbocycles. The van der Waals surface area contributed by atoms with Gasteiger partial charge < -0.3 is 20.5 Å². The number of H-pyrrole nitrogens is 1. The summed E-state index contributed by atoms with van der Waals surface area (Å²) in [6, 6.07) is 13.3. The van der Waals surface area contributed by atoms with E-state index in [1.807, 2.05) is 0 Å². The third-order valence-corrected chi connectivity index (χ3v) is 5.51. The lowest BCUT2D eigenvalue weighted by atomic mass is 10.1. The number of benzene rings is 2. The Balaban J connectivity index is 1.25. The van der Waals surface area contributed by atoms with E-state index in [2.05, 4.69) is 20.5 Å². The first kappa shape index (κ1) is 20.6. The van der Waals surface area contributed by atoms with Crippen LogP contribution in [0, 0.1) is 11.7 Å². The van der Waals surface area contributed by atoms with E-state index < -0.39 is 5.91 Å². The first-order chi connectivity index (χ1) is 15.0. The van der Waals surface area contributed by atoms with Crippen LogP contribution in [0.15, 0.2) is 59.5 Å². The van der Waals surface area contributed by atoms with Gasteiger partial charge in [0, 0.05) is 42.4 Å². The van der Waals surface area contributed by atoms with Crippen LogP contribution in [0.5, 0.6) is 0 Å². The number of para-hydroxylation sites is 1. The zero-order chi connectivity index (χ0) is 21.8. The Morgan fingerprint density at radius 1 is 1.10 bits per heavy atom. The average molecular weight is 422 g/mol. The van der Waals surface area contributed by atoms with Gasteiger partial charge in [-0.1, -0.05) is 12.1 Å². The van der Waals surface area contributed by atoms with Gasteiger partial charge in [-0.2, -0.15) is 0 Å². The van der Waals surface area contributed by atoms with Crippen molar-refractivity contribution < 1.29 is 14.0 Å². The molecule has 0 spiro atoms. The summed E-state index contributed by atoms with van der Waals surface area (Å²) in [5, 5.41) is 5.76. The molecule has 1 unspecified atom stereocenters. The van der Waals surface area contributed by atoms with Gasteiger partial charge in [-0.3, -0.25) is 14.4 Å². The third-order valence-electron chi connectivity index (χ3n) is 5.51. The molecule has 1 atom stereocenters. The second-order valence-corrected chi connectivity index (χ2v) is 7.64. The highest BCUT2D eigenvalue weighted by Gasteiger charge is 2.23. The van der Waals surface area contributed by atoms with Crippen molar-refractivity contribution in [1.82, 2.24) is 15.6 Å². The van der Waals surface area contributed by atoms with E-state index >= 15 is 0 Å². The van der Waals surface area contributed by atoms with Crippen molar-refractivity contribution in [1.29, 1.82) is 0 Å². The van der Waals surface area contributed by atoms with Gasteiger partial charge in [-0.05, 0) is 48.7 Å². The van der Waals surface area contributed by atoms with Gasteiger partial charge >= 0.3 is 0 Å². The second kappa shape index (κ2) is 8.99.